The second-order valence-electron chi connectivity index (χ2n) is 10.3. The molecule has 0 heterocycles. The van der Waals surface area contributed by atoms with Gasteiger partial charge in [-0.3, -0.25) is 9.59 Å². The minimum absolute atomic E-state index is 0.0291. The van der Waals surface area contributed by atoms with Crippen LogP contribution in [0.4, 0.5) is 0 Å². The maximum Gasteiger partial charge on any atom is 0.243 e. The number of amides is 2. The first-order chi connectivity index (χ1) is 19.1. The van der Waals surface area contributed by atoms with Crippen LogP contribution in [-0.4, -0.2) is 55.1 Å². The van der Waals surface area contributed by atoms with Gasteiger partial charge in [0.2, 0.25) is 21.8 Å². The van der Waals surface area contributed by atoms with Gasteiger partial charge in [0.25, 0.3) is 0 Å². The van der Waals surface area contributed by atoms with Crippen molar-refractivity contribution in [2.24, 2.45) is 0 Å². The smallest absolute Gasteiger partial charge is 0.243 e. The van der Waals surface area contributed by atoms with Gasteiger partial charge in [-0.1, -0.05) is 85.3 Å². The highest BCUT2D eigenvalue weighted by Crippen LogP contribution is 2.19. The van der Waals surface area contributed by atoms with E-state index in [4.69, 9.17) is 0 Å². The Balaban J connectivity index is 1.83. The summed E-state index contributed by atoms with van der Waals surface area (Å²) >= 11 is 0. The van der Waals surface area contributed by atoms with Gasteiger partial charge in [-0.25, -0.2) is 12.7 Å². The lowest BCUT2D eigenvalue weighted by molar-refractivity contribution is -0.141. The average molecular weight is 564 g/mol. The van der Waals surface area contributed by atoms with Gasteiger partial charge in [0.05, 0.1) is 4.90 Å². The first kappa shape index (κ1) is 31.0. The van der Waals surface area contributed by atoms with E-state index >= 15 is 0 Å². The molecule has 0 bridgehead atoms. The maximum absolute atomic E-state index is 13.8. The van der Waals surface area contributed by atoms with Gasteiger partial charge >= 0.3 is 0 Å². The Morgan fingerprint density at radius 2 is 1.52 bits per heavy atom. The minimum atomic E-state index is -3.65. The molecule has 7 nitrogen and oxygen atoms in total. The van der Waals surface area contributed by atoms with Gasteiger partial charge in [0.1, 0.15) is 6.04 Å². The van der Waals surface area contributed by atoms with Gasteiger partial charge in [-0.05, 0) is 49.9 Å². The summed E-state index contributed by atoms with van der Waals surface area (Å²) in [7, 11) is -2.13. The standard InChI is InChI=1S/C32H41N3O4S/c1-5-26(3)33-32(37)30(23-27-15-8-6-9-16-27)35(24-28-17-12-14-25(2)22-28)31(36)20-13-21-34(4)40(38,39)29-18-10-7-11-19-29/h6-12,14-19,22,26,30H,5,13,20-21,23-24H2,1-4H3,(H,33,37). The molecule has 2 atom stereocenters. The lowest BCUT2D eigenvalue weighted by atomic mass is 10.0. The van der Waals surface area contributed by atoms with Gasteiger partial charge in [0.15, 0.2) is 0 Å². The van der Waals surface area contributed by atoms with Crippen molar-refractivity contribution < 1.29 is 18.0 Å². The van der Waals surface area contributed by atoms with Crippen molar-refractivity contribution in [2.75, 3.05) is 13.6 Å². The molecule has 3 aromatic rings. The highest BCUT2D eigenvalue weighted by molar-refractivity contribution is 7.89. The van der Waals surface area contributed by atoms with E-state index in [1.807, 2.05) is 75.4 Å². The molecule has 214 valence electrons. The topological polar surface area (TPSA) is 86.8 Å². The Morgan fingerprint density at radius 3 is 2.15 bits per heavy atom. The van der Waals surface area contributed by atoms with Crippen LogP contribution in [0.2, 0.25) is 0 Å². The van der Waals surface area contributed by atoms with Crippen LogP contribution in [0.1, 0.15) is 49.8 Å². The number of nitrogens with zero attached hydrogens (tertiary/aromatic N) is 2. The number of nitrogens with one attached hydrogen (secondary N) is 1. The van der Waals surface area contributed by atoms with Crippen LogP contribution >= 0.6 is 0 Å². The summed E-state index contributed by atoms with van der Waals surface area (Å²) < 4.78 is 27.1. The van der Waals surface area contributed by atoms with Crippen LogP contribution in [0, 0.1) is 6.92 Å². The fourth-order valence-corrected chi connectivity index (χ4v) is 5.72. The highest BCUT2D eigenvalue weighted by atomic mass is 32.2. The Kier molecular flexibility index (Phi) is 11.5. The normalized spacial score (nSPS) is 13.0. The molecule has 3 rings (SSSR count). The van der Waals surface area contributed by atoms with Gasteiger partial charge in [-0.2, -0.15) is 0 Å². The molecule has 0 aliphatic heterocycles. The molecule has 0 saturated carbocycles. The molecule has 2 unspecified atom stereocenters. The number of sulfonamides is 1. The van der Waals surface area contributed by atoms with Gasteiger partial charge in [0, 0.05) is 39.0 Å². The van der Waals surface area contributed by atoms with E-state index in [0.29, 0.717) is 12.8 Å². The SMILES string of the molecule is CCC(C)NC(=O)C(Cc1ccccc1)N(Cc1cccc(C)c1)C(=O)CCCN(C)S(=O)(=O)c1ccccc1. The molecule has 0 aliphatic rings. The Labute approximate surface area is 239 Å². The summed E-state index contributed by atoms with van der Waals surface area (Å²) in [6.07, 6.45) is 1.60. The average Bonchev–Trinajstić information content (AvgIpc) is 2.95. The molecule has 3 aromatic carbocycles. The van der Waals surface area contributed by atoms with Crippen molar-refractivity contribution in [2.45, 2.75) is 70.0 Å². The second-order valence-corrected chi connectivity index (χ2v) is 12.3. The molecule has 0 radical (unpaired) electrons. The number of benzene rings is 3. The largest absolute Gasteiger partial charge is 0.352 e. The summed E-state index contributed by atoms with van der Waals surface area (Å²) in [4.78, 5) is 29.3. The first-order valence-corrected chi connectivity index (χ1v) is 15.3. The van der Waals surface area contributed by atoms with Crippen molar-refractivity contribution in [3.8, 4) is 0 Å². The van der Waals surface area contributed by atoms with Gasteiger partial charge < -0.3 is 10.2 Å². The van der Waals surface area contributed by atoms with Crippen LogP contribution in [0.5, 0.6) is 0 Å². The molecular weight excluding hydrogens is 522 g/mol. The van der Waals surface area contributed by atoms with Crippen LogP contribution in [0.25, 0.3) is 0 Å². The number of carbonyl (C=O) groups excluding carboxylic acids is 2. The molecule has 8 heteroatoms. The molecule has 40 heavy (non-hydrogen) atoms. The number of aryl methyl sites for hydroxylation is 1. The summed E-state index contributed by atoms with van der Waals surface area (Å²) in [5.41, 5.74) is 2.97. The predicted octanol–water partition coefficient (Wildman–Crippen LogP) is 4.95. The first-order valence-electron chi connectivity index (χ1n) is 13.8. The van der Waals surface area contributed by atoms with E-state index in [9.17, 15) is 18.0 Å². The second kappa shape index (κ2) is 14.8. The third-order valence-corrected chi connectivity index (χ3v) is 8.89. The summed E-state index contributed by atoms with van der Waals surface area (Å²) in [6, 6.07) is 25.1. The number of hydrogen-bond acceptors (Lipinski definition) is 4. The monoisotopic (exact) mass is 563 g/mol. The molecule has 0 spiro atoms. The fourth-order valence-electron chi connectivity index (χ4n) is 4.49. The summed E-state index contributed by atoms with van der Waals surface area (Å²) in [5.74, 6) is -0.379. The third-order valence-electron chi connectivity index (χ3n) is 7.02. The summed E-state index contributed by atoms with van der Waals surface area (Å²) in [6.45, 7) is 6.42. The van der Waals surface area contributed by atoms with Crippen molar-refractivity contribution in [1.29, 1.82) is 0 Å². The fraction of sp³-hybridized carbons (Fsp3) is 0.375. The third kappa shape index (κ3) is 8.76. The molecule has 0 aromatic heterocycles. The van der Waals surface area contributed by atoms with E-state index in [1.165, 1.54) is 11.4 Å². The predicted molar refractivity (Wildman–Crippen MR) is 159 cm³/mol. The zero-order chi connectivity index (χ0) is 29.1. The molecule has 0 saturated heterocycles. The number of rotatable bonds is 14. The maximum atomic E-state index is 13.8. The quantitative estimate of drug-likeness (QED) is 0.301. The van der Waals surface area contributed by atoms with Crippen LogP contribution in [0.15, 0.2) is 89.8 Å². The van der Waals surface area contributed by atoms with Crippen LogP contribution in [-0.2, 0) is 32.6 Å². The van der Waals surface area contributed by atoms with Crippen molar-refractivity contribution in [3.63, 3.8) is 0 Å². The zero-order valence-electron chi connectivity index (χ0n) is 23.9. The van der Waals surface area contributed by atoms with Crippen molar-refractivity contribution in [1.82, 2.24) is 14.5 Å². The minimum Gasteiger partial charge on any atom is -0.352 e. The van der Waals surface area contributed by atoms with Crippen LogP contribution in [0.3, 0.4) is 0 Å². The molecule has 2 amide bonds. The molecular formula is C32H41N3O4S. The Morgan fingerprint density at radius 1 is 0.900 bits per heavy atom. The Hall–Kier alpha value is -3.49. The molecule has 1 N–H and O–H groups in total. The number of carbonyl (C=O) groups is 2. The zero-order valence-corrected chi connectivity index (χ0v) is 24.7. The van der Waals surface area contributed by atoms with E-state index in [0.717, 1.165) is 23.1 Å². The Bertz CT molecular complexity index is 1350. The van der Waals surface area contributed by atoms with E-state index in [-0.39, 0.29) is 42.3 Å². The lowest BCUT2D eigenvalue weighted by Crippen LogP contribution is -2.52. The van der Waals surface area contributed by atoms with Crippen molar-refractivity contribution >= 4 is 21.8 Å². The molecule has 0 aliphatic carbocycles. The van der Waals surface area contributed by atoms with Gasteiger partial charge in [-0.15, -0.1) is 0 Å². The lowest BCUT2D eigenvalue weighted by Gasteiger charge is -2.32. The number of hydrogen-bond donors (Lipinski definition) is 1. The van der Waals surface area contributed by atoms with E-state index < -0.39 is 16.1 Å². The molecule has 0 fully saturated rings. The van der Waals surface area contributed by atoms with Crippen LogP contribution < -0.4 is 5.32 Å². The van der Waals surface area contributed by atoms with E-state index in [2.05, 4.69) is 5.32 Å². The summed E-state index contributed by atoms with van der Waals surface area (Å²) in [5, 5.41) is 3.07. The van der Waals surface area contributed by atoms with Crippen molar-refractivity contribution in [3.05, 3.63) is 102 Å². The van der Waals surface area contributed by atoms with E-state index in [1.54, 1.807) is 35.2 Å². The highest BCUT2D eigenvalue weighted by Gasteiger charge is 2.31.